The Balaban J connectivity index is 1.33. The summed E-state index contributed by atoms with van der Waals surface area (Å²) in [6.07, 6.45) is 2.05. The van der Waals surface area contributed by atoms with Gasteiger partial charge in [-0.15, -0.1) is 0 Å². The third-order valence-corrected chi connectivity index (χ3v) is 6.60. The van der Waals surface area contributed by atoms with Crippen molar-refractivity contribution in [2.45, 2.75) is 43.2 Å². The molecule has 176 valence electrons. The highest BCUT2D eigenvalue weighted by molar-refractivity contribution is 7.98. The Kier molecular flexibility index (Phi) is 7.41. The Morgan fingerprint density at radius 3 is 2.45 bits per heavy atom. The molecule has 1 aliphatic heterocycles. The molecule has 2 heterocycles. The zero-order chi connectivity index (χ0) is 23.3. The number of nitrogens with zero attached hydrogens (tertiary/aromatic N) is 2. The molecule has 4 rings (SSSR count). The van der Waals surface area contributed by atoms with Gasteiger partial charge in [-0.1, -0.05) is 24.3 Å². The predicted octanol–water partition coefficient (Wildman–Crippen LogP) is 5.72. The number of aryl methyl sites for hydroxylation is 1. The van der Waals surface area contributed by atoms with Gasteiger partial charge in [0.1, 0.15) is 5.82 Å². The standard InChI is InChI=1S/C24H24F4N2O2S/c25-21-7-3-18(4-8-21)9-10-23(16-30-12-11-29-17-30)31-13-22(32-23)15-33-14-19-1-5-20(6-2-19)24(26,27)28/h1-8,11-12,17,22H,9-10,13-16H2. The van der Waals surface area contributed by atoms with Crippen LogP contribution in [0.3, 0.4) is 0 Å². The molecule has 0 saturated carbocycles. The van der Waals surface area contributed by atoms with E-state index in [1.807, 2.05) is 10.8 Å². The summed E-state index contributed by atoms with van der Waals surface area (Å²) in [5.41, 5.74) is 1.18. The Morgan fingerprint density at radius 2 is 1.79 bits per heavy atom. The number of rotatable bonds is 9. The van der Waals surface area contributed by atoms with Crippen LogP contribution in [0.4, 0.5) is 17.6 Å². The average Bonchev–Trinajstić information content (AvgIpc) is 3.44. The maximum atomic E-state index is 13.2. The normalized spacial score (nSPS) is 20.9. The van der Waals surface area contributed by atoms with E-state index in [1.165, 1.54) is 24.3 Å². The monoisotopic (exact) mass is 480 g/mol. The van der Waals surface area contributed by atoms with Crippen molar-refractivity contribution in [3.8, 4) is 0 Å². The van der Waals surface area contributed by atoms with Gasteiger partial charge in [-0.3, -0.25) is 0 Å². The second-order valence-electron chi connectivity index (χ2n) is 8.03. The first kappa shape index (κ1) is 23.8. The van der Waals surface area contributed by atoms with Crippen molar-refractivity contribution in [3.05, 3.63) is 89.8 Å². The maximum Gasteiger partial charge on any atom is 0.416 e. The zero-order valence-electron chi connectivity index (χ0n) is 17.8. The molecule has 2 aromatic carbocycles. The van der Waals surface area contributed by atoms with E-state index in [9.17, 15) is 17.6 Å². The Morgan fingerprint density at radius 1 is 1.06 bits per heavy atom. The van der Waals surface area contributed by atoms with Gasteiger partial charge in [0.15, 0.2) is 5.79 Å². The first-order valence-electron chi connectivity index (χ1n) is 10.6. The van der Waals surface area contributed by atoms with Crippen LogP contribution in [0.2, 0.25) is 0 Å². The molecule has 0 radical (unpaired) electrons. The number of hydrogen-bond donors (Lipinski definition) is 0. The fourth-order valence-electron chi connectivity index (χ4n) is 3.73. The molecule has 0 amide bonds. The summed E-state index contributed by atoms with van der Waals surface area (Å²) < 4.78 is 65.8. The summed E-state index contributed by atoms with van der Waals surface area (Å²) in [6.45, 7) is 0.909. The first-order chi connectivity index (χ1) is 15.8. The maximum absolute atomic E-state index is 13.2. The summed E-state index contributed by atoms with van der Waals surface area (Å²) in [7, 11) is 0. The van der Waals surface area contributed by atoms with Gasteiger partial charge in [-0.2, -0.15) is 24.9 Å². The number of hydrogen-bond acceptors (Lipinski definition) is 4. The summed E-state index contributed by atoms with van der Waals surface area (Å²) in [5, 5.41) is 0. The predicted molar refractivity (Wildman–Crippen MR) is 118 cm³/mol. The van der Waals surface area contributed by atoms with Gasteiger partial charge < -0.3 is 14.0 Å². The lowest BCUT2D eigenvalue weighted by atomic mass is 10.0. The highest BCUT2D eigenvalue weighted by atomic mass is 32.2. The van der Waals surface area contributed by atoms with Crippen LogP contribution in [0.5, 0.6) is 0 Å². The van der Waals surface area contributed by atoms with Crippen molar-refractivity contribution in [1.82, 2.24) is 9.55 Å². The third kappa shape index (κ3) is 6.59. The van der Waals surface area contributed by atoms with E-state index >= 15 is 0 Å². The molecule has 0 aliphatic carbocycles. The van der Waals surface area contributed by atoms with E-state index in [0.29, 0.717) is 37.5 Å². The molecule has 1 fully saturated rings. The number of aromatic nitrogens is 2. The van der Waals surface area contributed by atoms with E-state index in [2.05, 4.69) is 4.98 Å². The van der Waals surface area contributed by atoms with Crippen molar-refractivity contribution in [2.75, 3.05) is 12.4 Å². The molecule has 1 aromatic heterocycles. The molecule has 2 unspecified atom stereocenters. The number of imidazole rings is 1. The highest BCUT2D eigenvalue weighted by Crippen LogP contribution is 2.33. The van der Waals surface area contributed by atoms with Gasteiger partial charge in [0.05, 0.1) is 31.1 Å². The second-order valence-corrected chi connectivity index (χ2v) is 9.06. The number of thioether (sulfide) groups is 1. The average molecular weight is 481 g/mol. The topological polar surface area (TPSA) is 36.3 Å². The summed E-state index contributed by atoms with van der Waals surface area (Å²) in [6, 6.07) is 11.6. The van der Waals surface area contributed by atoms with Gasteiger partial charge in [-0.05, 0) is 41.8 Å². The Hall–Kier alpha value is -2.36. The fourth-order valence-corrected chi connectivity index (χ4v) is 4.71. The molecule has 9 heteroatoms. The number of halogens is 4. The van der Waals surface area contributed by atoms with Crippen molar-refractivity contribution >= 4 is 11.8 Å². The van der Waals surface area contributed by atoms with Crippen LogP contribution >= 0.6 is 11.8 Å². The van der Waals surface area contributed by atoms with Crippen molar-refractivity contribution < 1.29 is 27.0 Å². The minimum atomic E-state index is -4.33. The lowest BCUT2D eigenvalue weighted by Gasteiger charge is -2.28. The van der Waals surface area contributed by atoms with Crippen LogP contribution in [-0.4, -0.2) is 33.8 Å². The molecular formula is C24H24F4N2O2S. The summed E-state index contributed by atoms with van der Waals surface area (Å²) in [5.74, 6) is 0.144. The van der Waals surface area contributed by atoms with Gasteiger partial charge in [0.25, 0.3) is 0 Å². The molecule has 0 spiro atoms. The summed E-state index contributed by atoms with van der Waals surface area (Å²) in [4.78, 5) is 4.08. The fraction of sp³-hybridized carbons (Fsp3) is 0.375. The van der Waals surface area contributed by atoms with Crippen LogP contribution in [0.15, 0.2) is 67.3 Å². The SMILES string of the molecule is Fc1ccc(CCC2(Cn3ccnc3)OCC(CSCc3ccc(C(F)(F)F)cc3)O2)cc1. The molecule has 0 N–H and O–H groups in total. The second kappa shape index (κ2) is 10.3. The lowest BCUT2D eigenvalue weighted by molar-refractivity contribution is -0.180. The molecule has 0 bridgehead atoms. The van der Waals surface area contributed by atoms with Crippen molar-refractivity contribution in [2.24, 2.45) is 0 Å². The highest BCUT2D eigenvalue weighted by Gasteiger charge is 2.41. The van der Waals surface area contributed by atoms with E-state index in [0.717, 1.165) is 23.3 Å². The van der Waals surface area contributed by atoms with Crippen LogP contribution in [0, 0.1) is 5.82 Å². The van der Waals surface area contributed by atoms with Gasteiger partial charge in [-0.25, -0.2) is 9.37 Å². The van der Waals surface area contributed by atoms with E-state index in [-0.39, 0.29) is 11.9 Å². The van der Waals surface area contributed by atoms with Crippen molar-refractivity contribution in [1.29, 1.82) is 0 Å². The van der Waals surface area contributed by atoms with Crippen LogP contribution in [0.25, 0.3) is 0 Å². The molecule has 1 saturated heterocycles. The molecule has 4 nitrogen and oxygen atoms in total. The van der Waals surface area contributed by atoms with Gasteiger partial charge in [0.2, 0.25) is 0 Å². The van der Waals surface area contributed by atoms with Gasteiger partial charge >= 0.3 is 6.18 Å². The largest absolute Gasteiger partial charge is 0.416 e. The molecular weight excluding hydrogens is 456 g/mol. The molecule has 33 heavy (non-hydrogen) atoms. The minimum Gasteiger partial charge on any atom is -0.345 e. The summed E-state index contributed by atoms with van der Waals surface area (Å²) >= 11 is 1.59. The number of ether oxygens (including phenoxy) is 2. The van der Waals surface area contributed by atoms with E-state index in [4.69, 9.17) is 9.47 Å². The molecule has 1 aliphatic rings. The van der Waals surface area contributed by atoms with Crippen LogP contribution in [0.1, 0.15) is 23.1 Å². The van der Waals surface area contributed by atoms with E-state index in [1.54, 1.807) is 36.4 Å². The van der Waals surface area contributed by atoms with Crippen LogP contribution < -0.4 is 0 Å². The van der Waals surface area contributed by atoms with Crippen LogP contribution in [-0.2, 0) is 34.4 Å². The quantitative estimate of drug-likeness (QED) is 0.367. The first-order valence-corrected chi connectivity index (χ1v) is 11.7. The lowest BCUT2D eigenvalue weighted by Crippen LogP contribution is -2.37. The van der Waals surface area contributed by atoms with Crippen molar-refractivity contribution in [3.63, 3.8) is 0 Å². The number of alkyl halides is 3. The molecule has 2 atom stereocenters. The Labute approximate surface area is 193 Å². The third-order valence-electron chi connectivity index (χ3n) is 5.46. The minimum absolute atomic E-state index is 0.138. The molecule has 3 aromatic rings. The van der Waals surface area contributed by atoms with E-state index < -0.39 is 17.5 Å². The van der Waals surface area contributed by atoms with Gasteiger partial charge in [0, 0.05) is 30.3 Å². The smallest absolute Gasteiger partial charge is 0.345 e. The zero-order valence-corrected chi connectivity index (χ0v) is 18.6. The Bertz CT molecular complexity index is 1010. The number of benzene rings is 2.